The minimum absolute atomic E-state index is 0.0861. The van der Waals surface area contributed by atoms with Crippen LogP contribution in [0.15, 0.2) is 23.1 Å². The number of methoxy groups -OCH3 is 2. The molecule has 0 spiro atoms. The van der Waals surface area contributed by atoms with Crippen LogP contribution >= 0.6 is 0 Å². The Balaban J connectivity index is 2.58. The van der Waals surface area contributed by atoms with Crippen molar-refractivity contribution in [2.45, 2.75) is 17.0 Å². The van der Waals surface area contributed by atoms with E-state index in [1.165, 1.54) is 45.5 Å². The van der Waals surface area contributed by atoms with Crippen molar-refractivity contribution in [1.29, 1.82) is 0 Å². The number of aliphatic hydroxyl groups excluding tert-OH is 1. The van der Waals surface area contributed by atoms with Crippen molar-refractivity contribution in [2.75, 3.05) is 39.8 Å². The van der Waals surface area contributed by atoms with Crippen LogP contribution in [-0.2, 0) is 19.9 Å². The van der Waals surface area contributed by atoms with Gasteiger partial charge >= 0.3 is 0 Å². The summed E-state index contributed by atoms with van der Waals surface area (Å²) in [5.74, 6) is -0.550. The summed E-state index contributed by atoms with van der Waals surface area (Å²) in [6, 6.07) is 3.16. The van der Waals surface area contributed by atoms with Crippen LogP contribution in [-0.4, -0.2) is 83.3 Å². The molecule has 0 amide bonds. The predicted molar refractivity (Wildman–Crippen MR) is 90.7 cm³/mol. The fourth-order valence-corrected chi connectivity index (χ4v) is 6.53. The second kappa shape index (κ2) is 7.08. The number of hydrogen-bond donors (Lipinski definition) is 1. The number of sulfonamides is 1. The van der Waals surface area contributed by atoms with Crippen molar-refractivity contribution in [3.8, 4) is 11.5 Å². The highest BCUT2D eigenvalue weighted by atomic mass is 32.2. The summed E-state index contributed by atoms with van der Waals surface area (Å²) < 4.78 is 61.1. The highest BCUT2D eigenvalue weighted by Crippen LogP contribution is 2.33. The van der Waals surface area contributed by atoms with E-state index in [4.69, 9.17) is 9.47 Å². The van der Waals surface area contributed by atoms with Crippen LogP contribution in [0.25, 0.3) is 0 Å². The molecular formula is C14H22N2O7S2. The number of aliphatic hydroxyl groups is 1. The molecule has 0 unspecified atom stereocenters. The molecule has 0 aliphatic carbocycles. The van der Waals surface area contributed by atoms with Crippen LogP contribution in [0.5, 0.6) is 11.5 Å². The Kier molecular flexibility index (Phi) is 5.64. The molecule has 25 heavy (non-hydrogen) atoms. The SMILES string of the molecule is COc1ccc(OC)c(S(=O)(=O)N([C@@H]2CS(=O)(=O)C[C@H]2O)N(C)C)c1. The van der Waals surface area contributed by atoms with Crippen molar-refractivity contribution in [3.63, 3.8) is 0 Å². The Hall–Kier alpha value is -1.40. The van der Waals surface area contributed by atoms with Crippen LogP contribution in [0.3, 0.4) is 0 Å². The molecule has 2 rings (SSSR count). The largest absolute Gasteiger partial charge is 0.497 e. The highest BCUT2D eigenvalue weighted by Gasteiger charge is 2.46. The maximum atomic E-state index is 13.2. The molecular weight excluding hydrogens is 372 g/mol. The van der Waals surface area contributed by atoms with E-state index in [-0.39, 0.29) is 10.6 Å². The summed E-state index contributed by atoms with van der Waals surface area (Å²) in [5.41, 5.74) is 0. The third kappa shape index (κ3) is 3.90. The summed E-state index contributed by atoms with van der Waals surface area (Å²) in [6.45, 7) is 0. The second-order valence-corrected chi connectivity index (χ2v) is 9.77. The fraction of sp³-hybridized carbons (Fsp3) is 0.571. The first-order valence-corrected chi connectivity index (χ1v) is 10.6. The minimum Gasteiger partial charge on any atom is -0.497 e. The van der Waals surface area contributed by atoms with E-state index < -0.39 is 43.5 Å². The Labute approximate surface area is 147 Å². The maximum absolute atomic E-state index is 13.2. The smallest absolute Gasteiger partial charge is 0.260 e. The number of nitrogens with zero attached hydrogens (tertiary/aromatic N) is 2. The van der Waals surface area contributed by atoms with Gasteiger partial charge in [0.25, 0.3) is 10.0 Å². The van der Waals surface area contributed by atoms with Gasteiger partial charge in [0.2, 0.25) is 0 Å². The monoisotopic (exact) mass is 394 g/mol. The topological polar surface area (TPSA) is 113 Å². The highest BCUT2D eigenvalue weighted by molar-refractivity contribution is 7.92. The van der Waals surface area contributed by atoms with Gasteiger partial charge in [-0.05, 0) is 12.1 Å². The van der Waals surface area contributed by atoms with Gasteiger partial charge in [-0.15, -0.1) is 4.41 Å². The van der Waals surface area contributed by atoms with Crippen molar-refractivity contribution in [1.82, 2.24) is 9.42 Å². The van der Waals surface area contributed by atoms with E-state index >= 15 is 0 Å². The number of rotatable bonds is 6. The molecule has 2 atom stereocenters. The molecule has 1 aliphatic rings. The van der Waals surface area contributed by atoms with Crippen LogP contribution < -0.4 is 9.47 Å². The molecule has 1 aromatic carbocycles. The summed E-state index contributed by atoms with van der Waals surface area (Å²) in [4.78, 5) is -0.181. The van der Waals surface area contributed by atoms with Gasteiger partial charge in [-0.2, -0.15) is 0 Å². The lowest BCUT2D eigenvalue weighted by molar-refractivity contribution is 0.0270. The van der Waals surface area contributed by atoms with E-state index in [9.17, 15) is 21.9 Å². The van der Waals surface area contributed by atoms with E-state index in [0.29, 0.717) is 5.75 Å². The second-order valence-electron chi connectivity index (χ2n) is 5.85. The van der Waals surface area contributed by atoms with Crippen LogP contribution in [0.2, 0.25) is 0 Å². The maximum Gasteiger partial charge on any atom is 0.260 e. The van der Waals surface area contributed by atoms with Gasteiger partial charge in [0.05, 0.1) is 37.9 Å². The quantitative estimate of drug-likeness (QED) is 0.632. The Bertz CT molecular complexity index is 837. The average Bonchev–Trinajstić information content (AvgIpc) is 2.78. The zero-order valence-corrected chi connectivity index (χ0v) is 16.0. The van der Waals surface area contributed by atoms with Crippen molar-refractivity contribution >= 4 is 19.9 Å². The van der Waals surface area contributed by atoms with Crippen molar-refractivity contribution in [2.24, 2.45) is 0 Å². The Morgan fingerprint density at radius 1 is 1.16 bits per heavy atom. The van der Waals surface area contributed by atoms with Gasteiger partial charge in [-0.3, -0.25) is 0 Å². The zero-order valence-electron chi connectivity index (χ0n) is 14.4. The molecule has 0 bridgehead atoms. The Morgan fingerprint density at radius 2 is 1.80 bits per heavy atom. The minimum atomic E-state index is -4.21. The first-order chi connectivity index (χ1) is 11.5. The molecule has 0 saturated carbocycles. The predicted octanol–water partition coefficient (Wildman–Crippen LogP) is -0.671. The summed E-state index contributed by atoms with van der Waals surface area (Å²) >= 11 is 0. The molecule has 1 aliphatic heterocycles. The molecule has 142 valence electrons. The third-order valence-electron chi connectivity index (χ3n) is 3.87. The van der Waals surface area contributed by atoms with E-state index in [2.05, 4.69) is 0 Å². The Morgan fingerprint density at radius 3 is 2.24 bits per heavy atom. The summed E-state index contributed by atoms with van der Waals surface area (Å²) in [5, 5.41) is 11.4. The molecule has 1 N–H and O–H groups in total. The number of benzene rings is 1. The van der Waals surface area contributed by atoms with E-state index in [1.54, 1.807) is 6.07 Å². The molecule has 0 radical (unpaired) electrons. The van der Waals surface area contributed by atoms with Crippen LogP contribution in [0.1, 0.15) is 0 Å². The number of hydrazine groups is 1. The van der Waals surface area contributed by atoms with Gasteiger partial charge in [0, 0.05) is 20.2 Å². The normalized spacial score (nSPS) is 23.2. The van der Waals surface area contributed by atoms with Gasteiger partial charge < -0.3 is 14.6 Å². The molecule has 1 heterocycles. The lowest BCUT2D eigenvalue weighted by atomic mass is 10.2. The first-order valence-electron chi connectivity index (χ1n) is 7.35. The third-order valence-corrected chi connectivity index (χ3v) is 7.53. The molecule has 1 aromatic rings. The van der Waals surface area contributed by atoms with Crippen molar-refractivity contribution in [3.05, 3.63) is 18.2 Å². The molecule has 0 aromatic heterocycles. The van der Waals surface area contributed by atoms with Crippen LogP contribution in [0, 0.1) is 0 Å². The molecule has 9 nitrogen and oxygen atoms in total. The van der Waals surface area contributed by atoms with Gasteiger partial charge in [0.1, 0.15) is 16.4 Å². The van der Waals surface area contributed by atoms with Gasteiger partial charge in [-0.25, -0.2) is 21.8 Å². The van der Waals surface area contributed by atoms with E-state index in [0.717, 1.165) is 4.41 Å². The summed E-state index contributed by atoms with van der Waals surface area (Å²) in [6.07, 6.45) is -1.32. The average molecular weight is 394 g/mol. The molecule has 1 fully saturated rings. The van der Waals surface area contributed by atoms with Gasteiger partial charge in [-0.1, -0.05) is 0 Å². The van der Waals surface area contributed by atoms with Crippen LogP contribution in [0.4, 0.5) is 0 Å². The van der Waals surface area contributed by atoms with E-state index in [1.807, 2.05) is 0 Å². The van der Waals surface area contributed by atoms with Crippen molar-refractivity contribution < 1.29 is 31.4 Å². The van der Waals surface area contributed by atoms with Gasteiger partial charge in [0.15, 0.2) is 9.84 Å². The lowest BCUT2D eigenvalue weighted by Gasteiger charge is -2.34. The fourth-order valence-electron chi connectivity index (χ4n) is 2.80. The lowest BCUT2D eigenvalue weighted by Crippen LogP contribution is -2.53. The number of hydrogen-bond acceptors (Lipinski definition) is 8. The summed E-state index contributed by atoms with van der Waals surface area (Å²) in [7, 11) is -2.10. The molecule has 1 saturated heterocycles. The number of sulfone groups is 1. The zero-order chi connectivity index (χ0) is 19.0. The number of ether oxygens (including phenoxy) is 2. The first kappa shape index (κ1) is 19.9. The standard InChI is InChI=1S/C14H22N2O7S2/c1-15(2)16(11-8-24(18,19)9-12(11)17)25(20,21)14-7-10(22-3)5-6-13(14)23-4/h5-7,11-12,17H,8-9H2,1-4H3/t11-,12-/m1/s1. The molecule has 11 heteroatoms.